The van der Waals surface area contributed by atoms with E-state index < -0.39 is 21.5 Å². The van der Waals surface area contributed by atoms with Crippen LogP contribution in [0.25, 0.3) is 0 Å². The predicted molar refractivity (Wildman–Crippen MR) is 71.9 cm³/mol. The molecule has 1 unspecified atom stereocenters. The van der Waals surface area contributed by atoms with E-state index in [0.29, 0.717) is 6.54 Å². The Balaban J connectivity index is 2.17. The standard InChI is InChI=1S/C13H18F2N2O2S/c1-20(18,19)9-10-4-2-3-5-17(10)8-11-12(14)6-16-7-13(11)15/h6-7,10H,2-5,8-9H2,1H3. The smallest absolute Gasteiger partial charge is 0.148 e. The minimum absolute atomic E-state index is 0.0291. The molecule has 1 atom stereocenters. The topological polar surface area (TPSA) is 50.3 Å². The van der Waals surface area contributed by atoms with Crippen molar-refractivity contribution in [2.24, 2.45) is 0 Å². The highest BCUT2D eigenvalue weighted by Crippen LogP contribution is 2.22. The monoisotopic (exact) mass is 304 g/mol. The zero-order valence-corrected chi connectivity index (χ0v) is 12.2. The van der Waals surface area contributed by atoms with Crippen molar-refractivity contribution in [3.63, 3.8) is 0 Å². The average Bonchev–Trinajstić information content (AvgIpc) is 2.34. The third-order valence-electron chi connectivity index (χ3n) is 3.56. The molecule has 0 aliphatic carbocycles. The molecule has 1 aliphatic rings. The number of hydrogen-bond acceptors (Lipinski definition) is 4. The molecule has 1 fully saturated rings. The Bertz CT molecular complexity index is 557. The summed E-state index contributed by atoms with van der Waals surface area (Å²) in [5.41, 5.74) is -0.0413. The largest absolute Gasteiger partial charge is 0.295 e. The third kappa shape index (κ3) is 3.96. The van der Waals surface area contributed by atoms with Crippen LogP contribution in [0.15, 0.2) is 12.4 Å². The van der Waals surface area contributed by atoms with E-state index in [1.807, 2.05) is 4.90 Å². The van der Waals surface area contributed by atoms with Crippen molar-refractivity contribution in [3.8, 4) is 0 Å². The zero-order valence-electron chi connectivity index (χ0n) is 11.3. The van der Waals surface area contributed by atoms with E-state index in [9.17, 15) is 17.2 Å². The molecule has 0 bridgehead atoms. The van der Waals surface area contributed by atoms with Crippen LogP contribution >= 0.6 is 0 Å². The van der Waals surface area contributed by atoms with Gasteiger partial charge in [-0.3, -0.25) is 9.88 Å². The summed E-state index contributed by atoms with van der Waals surface area (Å²) in [5.74, 6) is -1.34. The highest BCUT2D eigenvalue weighted by atomic mass is 32.2. The maximum Gasteiger partial charge on any atom is 0.148 e. The van der Waals surface area contributed by atoms with Gasteiger partial charge < -0.3 is 0 Å². The van der Waals surface area contributed by atoms with Crippen LogP contribution in [0.1, 0.15) is 24.8 Å². The van der Waals surface area contributed by atoms with E-state index in [4.69, 9.17) is 0 Å². The first-order valence-corrected chi connectivity index (χ1v) is 8.62. The molecule has 112 valence electrons. The Morgan fingerprint density at radius 2 is 1.95 bits per heavy atom. The lowest BCUT2D eigenvalue weighted by molar-refractivity contribution is 0.150. The van der Waals surface area contributed by atoms with Crippen molar-refractivity contribution in [1.82, 2.24) is 9.88 Å². The Morgan fingerprint density at radius 1 is 1.30 bits per heavy atom. The van der Waals surface area contributed by atoms with Gasteiger partial charge in [-0.2, -0.15) is 0 Å². The summed E-state index contributed by atoms with van der Waals surface area (Å²) in [6, 6.07) is -0.175. The van der Waals surface area contributed by atoms with E-state index >= 15 is 0 Å². The summed E-state index contributed by atoms with van der Waals surface area (Å²) in [6.07, 6.45) is 5.74. The summed E-state index contributed by atoms with van der Waals surface area (Å²) in [7, 11) is -3.11. The summed E-state index contributed by atoms with van der Waals surface area (Å²) >= 11 is 0. The van der Waals surface area contributed by atoms with Gasteiger partial charge in [0.15, 0.2) is 0 Å². The Labute approximate surface area is 117 Å². The van der Waals surface area contributed by atoms with Crippen molar-refractivity contribution >= 4 is 9.84 Å². The van der Waals surface area contributed by atoms with Crippen molar-refractivity contribution in [2.45, 2.75) is 31.8 Å². The highest BCUT2D eigenvalue weighted by Gasteiger charge is 2.27. The summed E-state index contributed by atoms with van der Waals surface area (Å²) in [6.45, 7) is 0.738. The highest BCUT2D eigenvalue weighted by molar-refractivity contribution is 7.90. The lowest BCUT2D eigenvalue weighted by Crippen LogP contribution is -2.43. The number of likely N-dealkylation sites (tertiary alicyclic amines) is 1. The molecule has 0 amide bonds. The molecule has 0 saturated carbocycles. The van der Waals surface area contributed by atoms with E-state index in [-0.39, 0.29) is 23.9 Å². The van der Waals surface area contributed by atoms with Crippen LogP contribution in [0, 0.1) is 11.6 Å². The van der Waals surface area contributed by atoms with Gasteiger partial charge in [-0.25, -0.2) is 17.2 Å². The van der Waals surface area contributed by atoms with Crippen molar-refractivity contribution in [2.75, 3.05) is 18.6 Å². The first-order chi connectivity index (χ1) is 9.37. The second-order valence-corrected chi connectivity index (χ2v) is 7.48. The van der Waals surface area contributed by atoms with Crippen LogP contribution in [0.4, 0.5) is 8.78 Å². The Morgan fingerprint density at radius 3 is 2.55 bits per heavy atom. The molecule has 1 saturated heterocycles. The van der Waals surface area contributed by atoms with Gasteiger partial charge in [-0.05, 0) is 19.4 Å². The SMILES string of the molecule is CS(=O)(=O)CC1CCCCN1Cc1c(F)cncc1F. The van der Waals surface area contributed by atoms with Crippen LogP contribution in [0.3, 0.4) is 0 Å². The third-order valence-corrected chi connectivity index (χ3v) is 4.55. The molecule has 4 nitrogen and oxygen atoms in total. The molecule has 0 spiro atoms. The molecule has 0 aromatic carbocycles. The molecule has 2 heterocycles. The lowest BCUT2D eigenvalue weighted by Gasteiger charge is -2.35. The number of piperidine rings is 1. The minimum atomic E-state index is -3.11. The number of halogens is 2. The normalized spacial score (nSPS) is 21.1. The van der Waals surface area contributed by atoms with Crippen LogP contribution in [0.5, 0.6) is 0 Å². The minimum Gasteiger partial charge on any atom is -0.295 e. The zero-order chi connectivity index (χ0) is 14.8. The summed E-state index contributed by atoms with van der Waals surface area (Å²) in [5, 5.41) is 0. The van der Waals surface area contributed by atoms with Crippen molar-refractivity contribution in [3.05, 3.63) is 29.6 Å². The average molecular weight is 304 g/mol. The second-order valence-electron chi connectivity index (χ2n) is 5.29. The molecular formula is C13H18F2N2O2S. The van der Waals surface area contributed by atoms with Gasteiger partial charge in [0.25, 0.3) is 0 Å². The van der Waals surface area contributed by atoms with Crippen LogP contribution < -0.4 is 0 Å². The number of sulfone groups is 1. The fourth-order valence-electron chi connectivity index (χ4n) is 2.60. The Kier molecular flexibility index (Phi) is 4.70. The van der Waals surface area contributed by atoms with Gasteiger partial charge >= 0.3 is 0 Å². The fourth-order valence-corrected chi connectivity index (χ4v) is 3.67. The van der Waals surface area contributed by atoms with E-state index in [0.717, 1.165) is 31.7 Å². The molecule has 1 aliphatic heterocycles. The Hall–Kier alpha value is -1.08. The molecule has 0 N–H and O–H groups in total. The molecule has 0 radical (unpaired) electrons. The van der Waals surface area contributed by atoms with Gasteiger partial charge in [0.1, 0.15) is 21.5 Å². The maximum absolute atomic E-state index is 13.6. The molecule has 1 aromatic rings. The van der Waals surface area contributed by atoms with Crippen LogP contribution in [-0.4, -0.2) is 42.9 Å². The number of rotatable bonds is 4. The number of nitrogens with zero attached hydrogens (tertiary/aromatic N) is 2. The molecular weight excluding hydrogens is 286 g/mol. The van der Waals surface area contributed by atoms with Crippen molar-refractivity contribution < 1.29 is 17.2 Å². The van der Waals surface area contributed by atoms with Gasteiger partial charge in [0, 0.05) is 24.4 Å². The number of aromatic nitrogens is 1. The summed E-state index contributed by atoms with van der Waals surface area (Å²) < 4.78 is 50.1. The van der Waals surface area contributed by atoms with E-state index in [1.54, 1.807) is 0 Å². The molecule has 1 aromatic heterocycles. The van der Waals surface area contributed by atoms with Gasteiger partial charge in [0.05, 0.1) is 18.1 Å². The molecule has 20 heavy (non-hydrogen) atoms. The van der Waals surface area contributed by atoms with E-state index in [2.05, 4.69) is 4.98 Å². The second kappa shape index (κ2) is 6.13. The number of hydrogen-bond donors (Lipinski definition) is 0. The van der Waals surface area contributed by atoms with Gasteiger partial charge in [-0.1, -0.05) is 6.42 Å². The fraction of sp³-hybridized carbons (Fsp3) is 0.615. The van der Waals surface area contributed by atoms with Crippen molar-refractivity contribution in [1.29, 1.82) is 0 Å². The maximum atomic E-state index is 13.6. The quantitative estimate of drug-likeness (QED) is 0.850. The predicted octanol–water partition coefficient (Wildman–Crippen LogP) is 1.76. The molecule has 2 rings (SSSR count). The lowest BCUT2D eigenvalue weighted by atomic mass is 10.0. The van der Waals surface area contributed by atoms with Crippen LogP contribution in [-0.2, 0) is 16.4 Å². The summed E-state index contributed by atoms with van der Waals surface area (Å²) in [4.78, 5) is 5.30. The first kappa shape index (κ1) is 15.3. The van der Waals surface area contributed by atoms with Crippen LogP contribution in [0.2, 0.25) is 0 Å². The van der Waals surface area contributed by atoms with Gasteiger partial charge in [0.2, 0.25) is 0 Å². The van der Waals surface area contributed by atoms with E-state index in [1.165, 1.54) is 6.26 Å². The number of pyridine rings is 1. The first-order valence-electron chi connectivity index (χ1n) is 6.56. The molecule has 7 heteroatoms. The van der Waals surface area contributed by atoms with Gasteiger partial charge in [-0.15, -0.1) is 0 Å².